The molecule has 0 aromatic heterocycles. The SMILES string of the molecule is Cc1ccccc1CN(C)C(=O)CCNC(=O)C12CC3CC(CC(C3)C1)C2. The van der Waals surface area contributed by atoms with Gasteiger partial charge in [-0.2, -0.15) is 0 Å². The number of rotatable bonds is 6. The first-order valence-electron chi connectivity index (χ1n) is 10.5. The van der Waals surface area contributed by atoms with Gasteiger partial charge in [-0.25, -0.2) is 0 Å². The maximum Gasteiger partial charge on any atom is 0.226 e. The van der Waals surface area contributed by atoms with Crippen molar-refractivity contribution in [2.45, 2.75) is 58.4 Å². The van der Waals surface area contributed by atoms with Gasteiger partial charge in [0.05, 0.1) is 0 Å². The van der Waals surface area contributed by atoms with Crippen LogP contribution in [0.1, 0.15) is 56.1 Å². The van der Waals surface area contributed by atoms with Crippen LogP contribution in [0.15, 0.2) is 24.3 Å². The molecule has 4 aliphatic rings. The molecule has 1 aromatic carbocycles. The Morgan fingerprint density at radius 3 is 2.26 bits per heavy atom. The van der Waals surface area contributed by atoms with E-state index in [2.05, 4.69) is 24.4 Å². The molecular formula is C23H32N2O2. The number of carbonyl (C=O) groups excluding carboxylic acids is 2. The zero-order chi connectivity index (χ0) is 19.0. The van der Waals surface area contributed by atoms with Crippen molar-refractivity contribution < 1.29 is 9.59 Å². The van der Waals surface area contributed by atoms with Crippen LogP contribution in [0.25, 0.3) is 0 Å². The molecule has 27 heavy (non-hydrogen) atoms. The van der Waals surface area contributed by atoms with Crippen LogP contribution in [0.3, 0.4) is 0 Å². The fourth-order valence-electron chi connectivity index (χ4n) is 6.18. The lowest BCUT2D eigenvalue weighted by Gasteiger charge is -2.55. The summed E-state index contributed by atoms with van der Waals surface area (Å²) in [5.41, 5.74) is 2.25. The fourth-order valence-corrected chi connectivity index (χ4v) is 6.18. The van der Waals surface area contributed by atoms with E-state index in [9.17, 15) is 9.59 Å². The molecule has 1 N–H and O–H groups in total. The smallest absolute Gasteiger partial charge is 0.226 e. The Kier molecular flexibility index (Phi) is 5.00. The molecule has 0 radical (unpaired) electrons. The predicted octanol–water partition coefficient (Wildman–Crippen LogP) is 3.68. The molecule has 0 spiro atoms. The van der Waals surface area contributed by atoms with Gasteiger partial charge in [-0.15, -0.1) is 0 Å². The standard InChI is InChI=1S/C23H32N2O2/c1-16-5-3-4-6-20(16)15-25(2)21(26)7-8-24-22(27)23-12-17-9-18(13-23)11-19(10-17)14-23/h3-6,17-19H,7-15H2,1-2H3,(H,24,27). The van der Waals surface area contributed by atoms with Gasteiger partial charge >= 0.3 is 0 Å². The summed E-state index contributed by atoms with van der Waals surface area (Å²) < 4.78 is 0. The van der Waals surface area contributed by atoms with Crippen LogP contribution in [0, 0.1) is 30.1 Å². The quantitative estimate of drug-likeness (QED) is 0.833. The number of amides is 2. The van der Waals surface area contributed by atoms with Crippen molar-refractivity contribution >= 4 is 11.8 Å². The highest BCUT2D eigenvalue weighted by Gasteiger charge is 2.54. The van der Waals surface area contributed by atoms with Crippen LogP contribution in [0.5, 0.6) is 0 Å². The van der Waals surface area contributed by atoms with Gasteiger partial charge in [-0.1, -0.05) is 24.3 Å². The van der Waals surface area contributed by atoms with Crippen molar-refractivity contribution in [1.29, 1.82) is 0 Å². The van der Waals surface area contributed by atoms with Crippen molar-refractivity contribution in [2.24, 2.45) is 23.2 Å². The lowest BCUT2D eigenvalue weighted by Crippen LogP contribution is -2.53. The third-order valence-electron chi connectivity index (χ3n) is 7.24. The second-order valence-corrected chi connectivity index (χ2v) is 9.38. The van der Waals surface area contributed by atoms with Gasteiger partial charge in [-0.05, 0) is 74.3 Å². The fraction of sp³-hybridized carbons (Fsp3) is 0.652. The number of aryl methyl sites for hydroxylation is 1. The van der Waals surface area contributed by atoms with Crippen LogP contribution < -0.4 is 5.32 Å². The third kappa shape index (κ3) is 3.76. The highest BCUT2D eigenvalue weighted by molar-refractivity contribution is 5.84. The molecular weight excluding hydrogens is 336 g/mol. The van der Waals surface area contributed by atoms with Gasteiger partial charge in [0.2, 0.25) is 11.8 Å². The van der Waals surface area contributed by atoms with Gasteiger partial charge < -0.3 is 10.2 Å². The zero-order valence-corrected chi connectivity index (χ0v) is 16.7. The van der Waals surface area contributed by atoms with Crippen molar-refractivity contribution in [3.8, 4) is 0 Å². The molecule has 4 nitrogen and oxygen atoms in total. The summed E-state index contributed by atoms with van der Waals surface area (Å²) in [6.45, 7) is 3.14. The molecule has 4 fully saturated rings. The van der Waals surface area contributed by atoms with Crippen molar-refractivity contribution in [3.05, 3.63) is 35.4 Å². The van der Waals surface area contributed by atoms with Crippen molar-refractivity contribution in [1.82, 2.24) is 10.2 Å². The Hall–Kier alpha value is -1.84. The third-order valence-corrected chi connectivity index (χ3v) is 7.24. The minimum absolute atomic E-state index is 0.0871. The predicted molar refractivity (Wildman–Crippen MR) is 106 cm³/mol. The van der Waals surface area contributed by atoms with Gasteiger partial charge in [0.25, 0.3) is 0 Å². The Morgan fingerprint density at radius 2 is 1.67 bits per heavy atom. The molecule has 0 saturated heterocycles. The Bertz CT molecular complexity index is 692. The van der Waals surface area contributed by atoms with E-state index in [0.717, 1.165) is 37.0 Å². The summed E-state index contributed by atoms with van der Waals surface area (Å²) in [6, 6.07) is 8.15. The molecule has 5 rings (SSSR count). The first-order valence-corrected chi connectivity index (χ1v) is 10.5. The first-order chi connectivity index (χ1) is 12.9. The molecule has 0 unspecified atom stereocenters. The summed E-state index contributed by atoms with van der Waals surface area (Å²) >= 11 is 0. The lowest BCUT2D eigenvalue weighted by molar-refractivity contribution is -0.146. The molecule has 4 heteroatoms. The van der Waals surface area contributed by atoms with Gasteiger partial charge in [-0.3, -0.25) is 9.59 Å². The molecule has 2 amide bonds. The number of hydrogen-bond donors (Lipinski definition) is 1. The van der Waals surface area contributed by atoms with E-state index >= 15 is 0 Å². The molecule has 146 valence electrons. The van der Waals surface area contributed by atoms with Crippen LogP contribution in [0.4, 0.5) is 0 Å². The number of nitrogens with zero attached hydrogens (tertiary/aromatic N) is 1. The highest BCUT2D eigenvalue weighted by Crippen LogP contribution is 2.60. The largest absolute Gasteiger partial charge is 0.355 e. The molecule has 0 atom stereocenters. The number of carbonyl (C=O) groups is 2. The van der Waals surface area contributed by atoms with E-state index < -0.39 is 0 Å². The average molecular weight is 369 g/mol. The minimum atomic E-state index is -0.120. The monoisotopic (exact) mass is 368 g/mol. The van der Waals surface area contributed by atoms with Gasteiger partial charge in [0.1, 0.15) is 0 Å². The summed E-state index contributed by atoms with van der Waals surface area (Å²) in [5, 5.41) is 3.11. The maximum atomic E-state index is 12.9. The molecule has 1 aromatic rings. The number of benzene rings is 1. The Balaban J connectivity index is 1.26. The summed E-state index contributed by atoms with van der Waals surface area (Å²) in [4.78, 5) is 27.2. The minimum Gasteiger partial charge on any atom is -0.355 e. The summed E-state index contributed by atoms with van der Waals surface area (Å²) in [6.07, 6.45) is 7.63. The molecule has 4 saturated carbocycles. The molecule has 4 bridgehead atoms. The van der Waals surface area contributed by atoms with E-state index in [1.807, 2.05) is 19.2 Å². The highest BCUT2D eigenvalue weighted by atomic mass is 16.2. The zero-order valence-electron chi connectivity index (χ0n) is 16.7. The number of nitrogens with one attached hydrogen (secondary N) is 1. The molecule has 0 aliphatic heterocycles. The first kappa shape index (κ1) is 18.5. The van der Waals surface area contributed by atoms with E-state index in [1.165, 1.54) is 30.4 Å². The van der Waals surface area contributed by atoms with Gasteiger partial charge in [0.15, 0.2) is 0 Å². The molecule has 0 heterocycles. The van der Waals surface area contributed by atoms with Crippen LogP contribution in [-0.2, 0) is 16.1 Å². The second kappa shape index (κ2) is 7.29. The number of hydrogen-bond acceptors (Lipinski definition) is 2. The maximum absolute atomic E-state index is 12.9. The summed E-state index contributed by atoms with van der Waals surface area (Å²) in [7, 11) is 1.84. The Labute approximate surface area is 162 Å². The van der Waals surface area contributed by atoms with Crippen molar-refractivity contribution in [2.75, 3.05) is 13.6 Å². The Morgan fingerprint density at radius 1 is 1.07 bits per heavy atom. The van der Waals surface area contributed by atoms with E-state index in [4.69, 9.17) is 0 Å². The van der Waals surface area contributed by atoms with E-state index in [-0.39, 0.29) is 17.2 Å². The van der Waals surface area contributed by atoms with Gasteiger partial charge in [0, 0.05) is 32.0 Å². The van der Waals surface area contributed by atoms with Crippen LogP contribution in [0.2, 0.25) is 0 Å². The topological polar surface area (TPSA) is 49.4 Å². The van der Waals surface area contributed by atoms with E-state index in [1.54, 1.807) is 4.90 Å². The van der Waals surface area contributed by atoms with Crippen LogP contribution >= 0.6 is 0 Å². The van der Waals surface area contributed by atoms with Crippen LogP contribution in [-0.4, -0.2) is 30.3 Å². The normalized spacial score (nSPS) is 31.0. The van der Waals surface area contributed by atoms with E-state index in [0.29, 0.717) is 19.5 Å². The van der Waals surface area contributed by atoms with Crippen molar-refractivity contribution in [3.63, 3.8) is 0 Å². The average Bonchev–Trinajstić information content (AvgIpc) is 2.62. The summed E-state index contributed by atoms with van der Waals surface area (Å²) in [5.74, 6) is 2.61. The molecule has 4 aliphatic carbocycles. The lowest BCUT2D eigenvalue weighted by atomic mass is 9.49. The second-order valence-electron chi connectivity index (χ2n) is 9.38.